The Morgan fingerprint density at radius 2 is 1.91 bits per heavy atom. The largest absolute Gasteiger partial charge is 0.435 e. The molecule has 0 bridgehead atoms. The molecule has 0 amide bonds. The molecule has 0 heterocycles. The van der Waals surface area contributed by atoms with E-state index >= 15 is 0 Å². The predicted octanol–water partition coefficient (Wildman–Crippen LogP) is 4.74. The second-order valence-corrected chi connectivity index (χ2v) is 5.63. The summed E-state index contributed by atoms with van der Waals surface area (Å²) in [5.41, 5.74) is 2.51. The molecule has 2 rings (SSSR count). The second kappa shape index (κ2) is 8.08. The van der Waals surface area contributed by atoms with E-state index in [-0.39, 0.29) is 5.75 Å². The number of thiocarbonyl (C=S) groups is 1. The van der Waals surface area contributed by atoms with Gasteiger partial charge >= 0.3 is 6.61 Å². The van der Waals surface area contributed by atoms with Crippen molar-refractivity contribution in [1.29, 1.82) is 0 Å². The van der Waals surface area contributed by atoms with E-state index in [1.165, 1.54) is 12.1 Å². The van der Waals surface area contributed by atoms with Crippen molar-refractivity contribution in [2.24, 2.45) is 0 Å². The second-order valence-electron chi connectivity index (χ2n) is 4.79. The van der Waals surface area contributed by atoms with Crippen LogP contribution in [0.4, 0.5) is 14.5 Å². The van der Waals surface area contributed by atoms with Crippen LogP contribution in [0, 0.1) is 6.92 Å². The predicted molar refractivity (Wildman–Crippen MR) is 92.3 cm³/mol. The molecule has 0 saturated carbocycles. The molecule has 3 nitrogen and oxygen atoms in total. The summed E-state index contributed by atoms with van der Waals surface area (Å²) in [6.07, 6.45) is 0. The molecule has 0 unspecified atom stereocenters. The van der Waals surface area contributed by atoms with Crippen LogP contribution in [0.1, 0.15) is 11.1 Å². The average molecular weight is 357 g/mol. The maximum Gasteiger partial charge on any atom is 0.387 e. The number of hydrogen-bond donors (Lipinski definition) is 2. The highest BCUT2D eigenvalue weighted by Crippen LogP contribution is 2.22. The third-order valence-corrected chi connectivity index (χ3v) is 3.54. The Bertz CT molecular complexity index is 680. The van der Waals surface area contributed by atoms with Gasteiger partial charge in [0.15, 0.2) is 5.11 Å². The van der Waals surface area contributed by atoms with Crippen molar-refractivity contribution in [3.05, 3.63) is 58.6 Å². The molecule has 2 N–H and O–H groups in total. The van der Waals surface area contributed by atoms with Crippen LogP contribution in [0.15, 0.2) is 42.5 Å². The number of hydrogen-bond acceptors (Lipinski definition) is 2. The summed E-state index contributed by atoms with van der Waals surface area (Å²) in [7, 11) is 0. The number of alkyl halides is 2. The standard InChI is InChI=1S/C16H15ClF2N2OS/c1-10-8-13(22-15(18)19)6-7-14(10)21-16(23)20-9-11-2-4-12(17)5-3-11/h2-8,15H,9H2,1H3,(H2,20,21,23). The molecule has 7 heteroatoms. The Hall–Kier alpha value is -1.92. The Morgan fingerprint density at radius 1 is 1.22 bits per heavy atom. The molecule has 122 valence electrons. The average Bonchev–Trinajstić information content (AvgIpc) is 2.49. The molecule has 0 saturated heterocycles. The number of halogens is 3. The van der Waals surface area contributed by atoms with Crippen molar-refractivity contribution in [1.82, 2.24) is 5.32 Å². The molecule has 0 spiro atoms. The van der Waals surface area contributed by atoms with Gasteiger partial charge in [0.25, 0.3) is 0 Å². The van der Waals surface area contributed by atoms with Gasteiger partial charge in [-0.1, -0.05) is 23.7 Å². The molecule has 0 aliphatic heterocycles. The van der Waals surface area contributed by atoms with E-state index in [9.17, 15) is 8.78 Å². The summed E-state index contributed by atoms with van der Waals surface area (Å²) >= 11 is 11.1. The molecule has 23 heavy (non-hydrogen) atoms. The number of ether oxygens (including phenoxy) is 1. The summed E-state index contributed by atoms with van der Waals surface area (Å²) < 4.78 is 28.7. The summed E-state index contributed by atoms with van der Waals surface area (Å²) in [4.78, 5) is 0. The SMILES string of the molecule is Cc1cc(OC(F)F)ccc1NC(=S)NCc1ccc(Cl)cc1. The molecular weight excluding hydrogens is 342 g/mol. The molecular formula is C16H15ClF2N2OS. The number of rotatable bonds is 5. The topological polar surface area (TPSA) is 33.3 Å². The van der Waals surface area contributed by atoms with Crippen LogP contribution >= 0.6 is 23.8 Å². The van der Waals surface area contributed by atoms with Gasteiger partial charge in [-0.25, -0.2) is 0 Å². The van der Waals surface area contributed by atoms with Crippen LogP contribution < -0.4 is 15.4 Å². The molecule has 0 atom stereocenters. The first-order chi connectivity index (χ1) is 10.9. The molecule has 2 aromatic carbocycles. The van der Waals surface area contributed by atoms with Gasteiger partial charge < -0.3 is 15.4 Å². The summed E-state index contributed by atoms with van der Waals surface area (Å²) in [6, 6.07) is 12.0. The third kappa shape index (κ3) is 5.65. The van der Waals surface area contributed by atoms with Gasteiger partial charge in [0.1, 0.15) is 5.75 Å². The number of nitrogens with one attached hydrogen (secondary N) is 2. The van der Waals surface area contributed by atoms with E-state index in [2.05, 4.69) is 15.4 Å². The molecule has 0 aromatic heterocycles. The van der Waals surface area contributed by atoms with E-state index in [0.717, 1.165) is 16.8 Å². The molecule has 0 fully saturated rings. The Morgan fingerprint density at radius 3 is 2.52 bits per heavy atom. The Kier molecular flexibility index (Phi) is 6.12. The van der Waals surface area contributed by atoms with E-state index in [4.69, 9.17) is 23.8 Å². The minimum absolute atomic E-state index is 0.114. The highest BCUT2D eigenvalue weighted by Gasteiger charge is 2.07. The van der Waals surface area contributed by atoms with Crippen LogP contribution in [-0.4, -0.2) is 11.7 Å². The fourth-order valence-electron chi connectivity index (χ4n) is 1.90. The normalized spacial score (nSPS) is 10.5. The monoisotopic (exact) mass is 356 g/mol. The highest BCUT2D eigenvalue weighted by atomic mass is 35.5. The summed E-state index contributed by atoms with van der Waals surface area (Å²) in [6.45, 7) is -0.507. The van der Waals surface area contributed by atoms with E-state index in [1.807, 2.05) is 12.1 Å². The van der Waals surface area contributed by atoms with Gasteiger partial charge in [-0.15, -0.1) is 0 Å². The van der Waals surface area contributed by atoms with Crippen molar-refractivity contribution in [2.45, 2.75) is 20.1 Å². The first kappa shape index (κ1) is 17.4. The zero-order valence-electron chi connectivity index (χ0n) is 12.3. The molecule has 2 aromatic rings. The van der Waals surface area contributed by atoms with Crippen LogP contribution in [0.25, 0.3) is 0 Å². The van der Waals surface area contributed by atoms with Gasteiger partial charge in [0, 0.05) is 17.3 Å². The van der Waals surface area contributed by atoms with Crippen molar-refractivity contribution in [2.75, 3.05) is 5.32 Å². The van der Waals surface area contributed by atoms with Gasteiger partial charge in [-0.3, -0.25) is 0 Å². The zero-order chi connectivity index (χ0) is 16.8. The maximum atomic E-state index is 12.2. The van der Waals surface area contributed by atoms with Gasteiger partial charge in [0.05, 0.1) is 0 Å². The molecule has 0 aliphatic rings. The lowest BCUT2D eigenvalue weighted by Crippen LogP contribution is -2.28. The van der Waals surface area contributed by atoms with Crippen molar-refractivity contribution < 1.29 is 13.5 Å². The van der Waals surface area contributed by atoms with Crippen molar-refractivity contribution in [3.63, 3.8) is 0 Å². The van der Waals surface area contributed by atoms with Gasteiger partial charge in [-0.2, -0.15) is 8.78 Å². The van der Waals surface area contributed by atoms with Crippen LogP contribution in [0.3, 0.4) is 0 Å². The maximum absolute atomic E-state index is 12.2. The lowest BCUT2D eigenvalue weighted by molar-refractivity contribution is -0.0498. The first-order valence-electron chi connectivity index (χ1n) is 6.79. The quantitative estimate of drug-likeness (QED) is 0.758. The zero-order valence-corrected chi connectivity index (χ0v) is 13.8. The molecule has 0 radical (unpaired) electrons. The fraction of sp³-hybridized carbons (Fsp3) is 0.188. The third-order valence-electron chi connectivity index (χ3n) is 3.04. The smallest absolute Gasteiger partial charge is 0.387 e. The minimum Gasteiger partial charge on any atom is -0.435 e. The lowest BCUT2D eigenvalue weighted by atomic mass is 10.2. The van der Waals surface area contributed by atoms with Crippen LogP contribution in [0.2, 0.25) is 5.02 Å². The van der Waals surface area contributed by atoms with Crippen molar-refractivity contribution in [3.8, 4) is 5.75 Å². The highest BCUT2D eigenvalue weighted by molar-refractivity contribution is 7.80. The Labute approximate surface area is 143 Å². The number of benzene rings is 2. The first-order valence-corrected chi connectivity index (χ1v) is 7.57. The van der Waals surface area contributed by atoms with Crippen LogP contribution in [-0.2, 0) is 6.54 Å². The number of anilines is 1. The lowest BCUT2D eigenvalue weighted by Gasteiger charge is -2.14. The van der Waals surface area contributed by atoms with Crippen LogP contribution in [0.5, 0.6) is 5.75 Å². The van der Waals surface area contributed by atoms with Gasteiger partial charge in [0.2, 0.25) is 0 Å². The number of aryl methyl sites for hydroxylation is 1. The van der Waals surface area contributed by atoms with E-state index < -0.39 is 6.61 Å². The summed E-state index contributed by atoms with van der Waals surface area (Å²) in [5, 5.41) is 7.20. The fourth-order valence-corrected chi connectivity index (χ4v) is 2.21. The van der Waals surface area contributed by atoms with E-state index in [0.29, 0.717) is 16.7 Å². The summed E-state index contributed by atoms with van der Waals surface area (Å²) in [5.74, 6) is 0.114. The van der Waals surface area contributed by atoms with Crippen molar-refractivity contribution >= 4 is 34.6 Å². The molecule has 0 aliphatic carbocycles. The van der Waals surface area contributed by atoms with E-state index in [1.54, 1.807) is 25.1 Å². The minimum atomic E-state index is -2.84. The van der Waals surface area contributed by atoms with Gasteiger partial charge in [-0.05, 0) is 60.6 Å². The Balaban J connectivity index is 1.90.